The van der Waals surface area contributed by atoms with E-state index in [1.807, 2.05) is 0 Å². The van der Waals surface area contributed by atoms with E-state index < -0.39 is 5.97 Å². The van der Waals surface area contributed by atoms with Gasteiger partial charge in [-0.2, -0.15) is 0 Å². The normalized spacial score (nSPS) is 16.1. The van der Waals surface area contributed by atoms with Crippen molar-refractivity contribution in [3.8, 4) is 0 Å². The van der Waals surface area contributed by atoms with Crippen molar-refractivity contribution in [3.63, 3.8) is 0 Å². The van der Waals surface area contributed by atoms with Gasteiger partial charge in [-0.3, -0.25) is 14.5 Å². The monoisotopic (exact) mass is 259 g/mol. The Morgan fingerprint density at radius 2 is 1.89 bits per heavy atom. The minimum absolute atomic E-state index is 0.212. The molecule has 5 heteroatoms. The molecule has 0 atom stereocenters. The first-order valence-electron chi connectivity index (χ1n) is 5.95. The highest BCUT2D eigenvalue weighted by Crippen LogP contribution is 2.23. The van der Waals surface area contributed by atoms with Crippen LogP contribution in [0, 0.1) is 0 Å². The summed E-state index contributed by atoms with van der Waals surface area (Å²) in [6.07, 6.45) is 3.75. The number of carboxylic acid groups (broad SMARTS) is 1. The molecule has 1 fully saturated rings. The number of hydrogen-bond acceptors (Lipinski definition) is 3. The van der Waals surface area contributed by atoms with Gasteiger partial charge < -0.3 is 5.11 Å². The summed E-state index contributed by atoms with van der Waals surface area (Å²) in [7, 11) is 0. The molecule has 0 aliphatic carbocycles. The maximum atomic E-state index is 11.8. The molecule has 0 spiro atoms. The number of piperidine rings is 1. The van der Waals surface area contributed by atoms with E-state index in [1.54, 1.807) is 24.3 Å². The number of benzene rings is 1. The van der Waals surface area contributed by atoms with E-state index in [0.717, 1.165) is 6.08 Å². The second kappa shape index (κ2) is 5.48. The van der Waals surface area contributed by atoms with Crippen LogP contribution in [0.5, 0.6) is 0 Å². The molecule has 0 aromatic heterocycles. The van der Waals surface area contributed by atoms with Crippen molar-refractivity contribution in [2.45, 2.75) is 19.3 Å². The predicted octanol–water partition coefficient (Wildman–Crippen LogP) is 1.83. The Hall–Kier alpha value is -2.43. The summed E-state index contributed by atoms with van der Waals surface area (Å²) >= 11 is 0. The van der Waals surface area contributed by atoms with E-state index in [-0.39, 0.29) is 11.8 Å². The van der Waals surface area contributed by atoms with Crippen LogP contribution in [0.15, 0.2) is 30.3 Å². The number of carboxylic acids is 1. The van der Waals surface area contributed by atoms with Crippen LogP contribution >= 0.6 is 0 Å². The van der Waals surface area contributed by atoms with Gasteiger partial charge in [-0.1, -0.05) is 12.1 Å². The Balaban J connectivity index is 2.29. The molecule has 0 unspecified atom stereocenters. The molecular weight excluding hydrogens is 246 g/mol. The van der Waals surface area contributed by atoms with Gasteiger partial charge in [-0.05, 0) is 30.2 Å². The third-order valence-corrected chi connectivity index (χ3v) is 2.83. The van der Waals surface area contributed by atoms with Gasteiger partial charge in [-0.15, -0.1) is 0 Å². The molecule has 2 amide bonds. The lowest BCUT2D eigenvalue weighted by molar-refractivity contribution is -0.131. The summed E-state index contributed by atoms with van der Waals surface area (Å²) < 4.78 is 0. The molecule has 1 saturated heterocycles. The molecule has 0 radical (unpaired) electrons. The van der Waals surface area contributed by atoms with Crippen LogP contribution in [0.25, 0.3) is 6.08 Å². The Morgan fingerprint density at radius 3 is 2.53 bits per heavy atom. The summed E-state index contributed by atoms with van der Waals surface area (Å²) in [6.45, 7) is 0. The molecule has 5 nitrogen and oxygen atoms in total. The third kappa shape index (κ3) is 3.07. The fourth-order valence-corrected chi connectivity index (χ4v) is 1.98. The fourth-order valence-electron chi connectivity index (χ4n) is 1.98. The summed E-state index contributed by atoms with van der Waals surface area (Å²) in [5.74, 6) is -1.47. The van der Waals surface area contributed by atoms with Crippen LogP contribution in [0.2, 0.25) is 0 Å². The number of carbonyl (C=O) groups is 3. The maximum absolute atomic E-state index is 11.8. The molecule has 98 valence electrons. The lowest BCUT2D eigenvalue weighted by Gasteiger charge is -2.25. The second-order valence-electron chi connectivity index (χ2n) is 4.24. The lowest BCUT2D eigenvalue weighted by Crippen LogP contribution is -2.40. The zero-order valence-corrected chi connectivity index (χ0v) is 10.2. The van der Waals surface area contributed by atoms with Gasteiger partial charge in [0.15, 0.2) is 0 Å². The number of imide groups is 1. The summed E-state index contributed by atoms with van der Waals surface area (Å²) in [5, 5.41) is 8.57. The van der Waals surface area contributed by atoms with Crippen molar-refractivity contribution < 1.29 is 19.5 Å². The maximum Gasteiger partial charge on any atom is 0.328 e. The molecule has 1 heterocycles. The molecule has 1 aliphatic heterocycles. The molecule has 19 heavy (non-hydrogen) atoms. The van der Waals surface area contributed by atoms with E-state index in [9.17, 15) is 14.4 Å². The first-order valence-corrected chi connectivity index (χ1v) is 5.95. The zero-order chi connectivity index (χ0) is 13.8. The Bertz CT molecular complexity index is 546. The smallest absolute Gasteiger partial charge is 0.328 e. The van der Waals surface area contributed by atoms with E-state index in [0.29, 0.717) is 30.5 Å². The van der Waals surface area contributed by atoms with Crippen molar-refractivity contribution in [1.82, 2.24) is 0 Å². The zero-order valence-electron chi connectivity index (χ0n) is 10.2. The van der Waals surface area contributed by atoms with E-state index >= 15 is 0 Å². The fraction of sp³-hybridized carbons (Fsp3) is 0.214. The van der Waals surface area contributed by atoms with Gasteiger partial charge in [0.25, 0.3) is 0 Å². The molecule has 1 aliphatic rings. The van der Waals surface area contributed by atoms with Gasteiger partial charge in [-0.25, -0.2) is 4.79 Å². The first kappa shape index (κ1) is 13.0. The average molecular weight is 259 g/mol. The SMILES string of the molecule is O=C(O)/C=C/c1cccc(N2C(=O)CCCC2=O)c1. The first-order chi connectivity index (χ1) is 9.08. The van der Waals surface area contributed by atoms with Crippen LogP contribution in [-0.4, -0.2) is 22.9 Å². The summed E-state index contributed by atoms with van der Waals surface area (Å²) in [4.78, 5) is 35.2. The Kier molecular flexibility index (Phi) is 3.75. The standard InChI is InChI=1S/C14H13NO4/c16-12-5-2-6-13(17)15(12)11-4-1-3-10(9-11)7-8-14(18)19/h1,3-4,7-9H,2,5-6H2,(H,18,19)/b8-7+. The molecule has 1 N–H and O–H groups in total. The van der Waals surface area contributed by atoms with Crippen molar-refractivity contribution in [1.29, 1.82) is 0 Å². The lowest BCUT2D eigenvalue weighted by atomic mass is 10.1. The van der Waals surface area contributed by atoms with Crippen LogP contribution in [0.4, 0.5) is 5.69 Å². The minimum atomic E-state index is -1.05. The van der Waals surface area contributed by atoms with Crippen molar-refractivity contribution >= 4 is 29.5 Å². The van der Waals surface area contributed by atoms with Crippen LogP contribution in [-0.2, 0) is 14.4 Å². The van der Waals surface area contributed by atoms with E-state index in [2.05, 4.69) is 0 Å². The van der Waals surface area contributed by atoms with Crippen LogP contribution in [0.1, 0.15) is 24.8 Å². The Labute approximate surface area is 110 Å². The molecular formula is C14H13NO4. The largest absolute Gasteiger partial charge is 0.478 e. The van der Waals surface area contributed by atoms with Gasteiger partial charge in [0.1, 0.15) is 0 Å². The van der Waals surface area contributed by atoms with Gasteiger partial charge >= 0.3 is 5.97 Å². The van der Waals surface area contributed by atoms with Gasteiger partial charge in [0.2, 0.25) is 11.8 Å². The topological polar surface area (TPSA) is 74.7 Å². The second-order valence-corrected chi connectivity index (χ2v) is 4.24. The number of rotatable bonds is 3. The van der Waals surface area contributed by atoms with E-state index in [4.69, 9.17) is 5.11 Å². The van der Waals surface area contributed by atoms with Gasteiger partial charge in [0.05, 0.1) is 5.69 Å². The molecule has 0 bridgehead atoms. The van der Waals surface area contributed by atoms with Crippen molar-refractivity contribution in [2.75, 3.05) is 4.90 Å². The summed E-state index contributed by atoms with van der Waals surface area (Å²) in [6, 6.07) is 6.69. The number of aliphatic carboxylic acids is 1. The van der Waals surface area contributed by atoms with Crippen LogP contribution in [0.3, 0.4) is 0 Å². The predicted molar refractivity (Wildman–Crippen MR) is 69.5 cm³/mol. The third-order valence-electron chi connectivity index (χ3n) is 2.83. The number of amides is 2. The van der Waals surface area contributed by atoms with Gasteiger partial charge in [0, 0.05) is 18.9 Å². The molecule has 1 aromatic carbocycles. The summed E-state index contributed by atoms with van der Waals surface area (Å²) in [5.41, 5.74) is 1.12. The van der Waals surface area contributed by atoms with Crippen molar-refractivity contribution in [2.24, 2.45) is 0 Å². The highest BCUT2D eigenvalue weighted by atomic mass is 16.4. The molecule has 0 saturated carbocycles. The number of nitrogens with zero attached hydrogens (tertiary/aromatic N) is 1. The Morgan fingerprint density at radius 1 is 1.21 bits per heavy atom. The van der Waals surface area contributed by atoms with Crippen LogP contribution < -0.4 is 4.90 Å². The molecule has 2 rings (SSSR count). The number of anilines is 1. The number of hydrogen-bond donors (Lipinski definition) is 1. The average Bonchev–Trinajstić information content (AvgIpc) is 2.37. The number of carbonyl (C=O) groups excluding carboxylic acids is 2. The minimum Gasteiger partial charge on any atom is -0.478 e. The highest BCUT2D eigenvalue weighted by Gasteiger charge is 2.27. The quantitative estimate of drug-likeness (QED) is 0.663. The van der Waals surface area contributed by atoms with Crippen molar-refractivity contribution in [3.05, 3.63) is 35.9 Å². The molecule has 1 aromatic rings. The van der Waals surface area contributed by atoms with E-state index in [1.165, 1.54) is 11.0 Å². The highest BCUT2D eigenvalue weighted by molar-refractivity contribution is 6.16.